The maximum absolute atomic E-state index is 11.4. The Morgan fingerprint density at radius 1 is 1.28 bits per heavy atom. The van der Waals surface area contributed by atoms with E-state index in [9.17, 15) is 8.42 Å². The van der Waals surface area contributed by atoms with Gasteiger partial charge in [0.15, 0.2) is 0 Å². The summed E-state index contributed by atoms with van der Waals surface area (Å²) in [4.78, 5) is 0.180. The van der Waals surface area contributed by atoms with E-state index in [1.165, 1.54) is 0 Å². The van der Waals surface area contributed by atoms with E-state index in [2.05, 4.69) is 6.92 Å². The van der Waals surface area contributed by atoms with Crippen molar-refractivity contribution in [2.24, 2.45) is 0 Å². The molecule has 0 atom stereocenters. The lowest BCUT2D eigenvalue weighted by molar-refractivity contribution is 0.343. The average Bonchev–Trinajstić information content (AvgIpc) is 2.21. The molecule has 0 saturated heterocycles. The number of benzene rings is 1. The fourth-order valence-corrected chi connectivity index (χ4v) is 3.85. The normalized spacial score (nSPS) is 11.6. The van der Waals surface area contributed by atoms with Crippen LogP contribution in [0.5, 0.6) is 5.75 Å². The minimum absolute atomic E-state index is 0.180. The zero-order valence-corrected chi connectivity index (χ0v) is 13.1. The van der Waals surface area contributed by atoms with Gasteiger partial charge in [0, 0.05) is 16.4 Å². The summed E-state index contributed by atoms with van der Waals surface area (Å²) in [5.74, 6) is 2.67. The summed E-state index contributed by atoms with van der Waals surface area (Å²) in [6.45, 7) is 6.15. The van der Waals surface area contributed by atoms with Gasteiger partial charge in [0.1, 0.15) is 5.75 Å². The lowest BCUT2D eigenvalue weighted by Gasteiger charge is -2.11. The monoisotopic (exact) mass is 308 g/mol. The molecule has 0 aliphatic rings. The van der Waals surface area contributed by atoms with Crippen molar-refractivity contribution >= 4 is 31.5 Å². The van der Waals surface area contributed by atoms with Crippen LogP contribution in [0.2, 0.25) is 0 Å². The van der Waals surface area contributed by atoms with Gasteiger partial charge in [-0.05, 0) is 42.9 Å². The van der Waals surface area contributed by atoms with E-state index < -0.39 is 9.05 Å². The Labute approximate surface area is 117 Å². The molecule has 1 aromatic rings. The van der Waals surface area contributed by atoms with Crippen molar-refractivity contribution in [3.8, 4) is 5.75 Å². The fourth-order valence-electron chi connectivity index (χ4n) is 1.74. The maximum Gasteiger partial charge on any atom is 0.261 e. The van der Waals surface area contributed by atoms with Crippen LogP contribution in [0.25, 0.3) is 0 Å². The lowest BCUT2D eigenvalue weighted by Crippen LogP contribution is -2.03. The summed E-state index contributed by atoms with van der Waals surface area (Å²) in [6, 6.07) is 3.41. The second-order valence-corrected chi connectivity index (χ2v) is 7.77. The summed E-state index contributed by atoms with van der Waals surface area (Å²) in [6.07, 6.45) is 0. The molecule has 1 aromatic carbocycles. The Bertz CT molecular complexity index is 489. The molecule has 0 aliphatic heterocycles. The zero-order valence-electron chi connectivity index (χ0n) is 10.7. The molecule has 0 amide bonds. The molecule has 18 heavy (non-hydrogen) atoms. The summed E-state index contributed by atoms with van der Waals surface area (Å²) in [7, 11) is 1.70. The topological polar surface area (TPSA) is 43.4 Å². The molecule has 0 spiro atoms. The van der Waals surface area contributed by atoms with E-state index in [1.54, 1.807) is 37.7 Å². The first kappa shape index (κ1) is 15.7. The van der Waals surface area contributed by atoms with E-state index in [0.29, 0.717) is 23.5 Å². The molecule has 0 aromatic heterocycles. The lowest BCUT2D eigenvalue weighted by atomic mass is 10.1. The Morgan fingerprint density at radius 2 is 1.83 bits per heavy atom. The molecule has 0 saturated carbocycles. The van der Waals surface area contributed by atoms with Gasteiger partial charge in [-0.1, -0.05) is 6.92 Å². The Morgan fingerprint density at radius 3 is 2.28 bits per heavy atom. The van der Waals surface area contributed by atoms with Crippen molar-refractivity contribution in [3.63, 3.8) is 0 Å². The number of hydrogen-bond acceptors (Lipinski definition) is 4. The third kappa shape index (κ3) is 4.37. The van der Waals surface area contributed by atoms with Gasteiger partial charge in [0.2, 0.25) is 0 Å². The van der Waals surface area contributed by atoms with E-state index in [4.69, 9.17) is 15.4 Å². The Balaban J connectivity index is 2.87. The molecule has 0 bridgehead atoms. The Kier molecular flexibility index (Phi) is 5.82. The van der Waals surface area contributed by atoms with Crippen LogP contribution >= 0.6 is 22.4 Å². The molecule has 0 heterocycles. The van der Waals surface area contributed by atoms with Crippen molar-refractivity contribution in [3.05, 3.63) is 23.3 Å². The highest BCUT2D eigenvalue weighted by atomic mass is 35.7. The standard InChI is InChI=1S/C12H17ClO3S2/c1-4-17-6-5-16-11-7-9(2)12(10(3)8-11)18(13,14)15/h7-8H,4-6H2,1-3H3. The predicted molar refractivity (Wildman–Crippen MR) is 77.4 cm³/mol. The number of halogens is 1. The second-order valence-electron chi connectivity index (χ2n) is 3.87. The van der Waals surface area contributed by atoms with E-state index in [0.717, 1.165) is 11.5 Å². The van der Waals surface area contributed by atoms with Crippen molar-refractivity contribution in [1.82, 2.24) is 0 Å². The molecule has 3 nitrogen and oxygen atoms in total. The highest BCUT2D eigenvalue weighted by Crippen LogP contribution is 2.28. The van der Waals surface area contributed by atoms with Crippen molar-refractivity contribution in [2.75, 3.05) is 18.1 Å². The fraction of sp³-hybridized carbons (Fsp3) is 0.500. The van der Waals surface area contributed by atoms with Gasteiger partial charge in [0.25, 0.3) is 9.05 Å². The van der Waals surface area contributed by atoms with Gasteiger partial charge < -0.3 is 4.74 Å². The largest absolute Gasteiger partial charge is 0.493 e. The van der Waals surface area contributed by atoms with Crippen LogP contribution in [0.15, 0.2) is 17.0 Å². The number of thioether (sulfide) groups is 1. The first-order valence-electron chi connectivity index (χ1n) is 5.62. The third-order valence-corrected chi connectivity index (χ3v) is 4.84. The van der Waals surface area contributed by atoms with E-state index in [1.807, 2.05) is 0 Å². The van der Waals surface area contributed by atoms with Crippen molar-refractivity contribution < 1.29 is 13.2 Å². The van der Waals surface area contributed by atoms with E-state index >= 15 is 0 Å². The van der Waals surface area contributed by atoms with E-state index in [-0.39, 0.29) is 4.90 Å². The molecular formula is C12H17ClO3S2. The van der Waals surface area contributed by atoms with Crippen molar-refractivity contribution in [2.45, 2.75) is 25.7 Å². The quantitative estimate of drug-likeness (QED) is 0.597. The molecule has 0 N–H and O–H groups in total. The molecule has 1 rings (SSSR count). The summed E-state index contributed by atoms with van der Waals surface area (Å²) < 4.78 is 28.4. The van der Waals surface area contributed by atoms with Crippen LogP contribution < -0.4 is 4.74 Å². The molecular weight excluding hydrogens is 292 g/mol. The van der Waals surface area contributed by atoms with Gasteiger partial charge in [0.05, 0.1) is 11.5 Å². The molecule has 0 radical (unpaired) electrons. The van der Waals surface area contributed by atoms with Gasteiger partial charge in [-0.3, -0.25) is 0 Å². The zero-order chi connectivity index (χ0) is 13.8. The van der Waals surface area contributed by atoms with Crippen LogP contribution in [0.1, 0.15) is 18.1 Å². The van der Waals surface area contributed by atoms with Crippen LogP contribution in [-0.2, 0) is 9.05 Å². The molecule has 102 valence electrons. The minimum Gasteiger partial charge on any atom is -0.493 e. The van der Waals surface area contributed by atoms with Gasteiger partial charge in [-0.15, -0.1) is 0 Å². The molecule has 0 aliphatic carbocycles. The first-order valence-corrected chi connectivity index (χ1v) is 9.09. The van der Waals surface area contributed by atoms with Crippen LogP contribution in [0.3, 0.4) is 0 Å². The van der Waals surface area contributed by atoms with Gasteiger partial charge >= 0.3 is 0 Å². The molecule has 0 fully saturated rings. The van der Waals surface area contributed by atoms with Gasteiger partial charge in [-0.25, -0.2) is 8.42 Å². The van der Waals surface area contributed by atoms with Crippen molar-refractivity contribution in [1.29, 1.82) is 0 Å². The average molecular weight is 309 g/mol. The van der Waals surface area contributed by atoms with Crippen LogP contribution in [0, 0.1) is 13.8 Å². The third-order valence-electron chi connectivity index (χ3n) is 2.38. The second kappa shape index (κ2) is 6.68. The Hall–Kier alpha value is -0.390. The predicted octanol–water partition coefficient (Wildman–Crippen LogP) is 3.36. The van der Waals surface area contributed by atoms with Crippen LogP contribution in [-0.4, -0.2) is 26.5 Å². The summed E-state index contributed by atoms with van der Waals surface area (Å²) in [5.41, 5.74) is 1.23. The number of hydrogen-bond donors (Lipinski definition) is 0. The summed E-state index contributed by atoms with van der Waals surface area (Å²) >= 11 is 1.80. The van der Waals surface area contributed by atoms with Crippen LogP contribution in [0.4, 0.5) is 0 Å². The summed E-state index contributed by atoms with van der Waals surface area (Å²) in [5, 5.41) is 0. The first-order chi connectivity index (χ1) is 8.36. The smallest absolute Gasteiger partial charge is 0.261 e. The maximum atomic E-state index is 11.4. The number of aryl methyl sites for hydroxylation is 2. The highest BCUT2D eigenvalue weighted by molar-refractivity contribution is 8.13. The molecule has 6 heteroatoms. The number of rotatable bonds is 6. The van der Waals surface area contributed by atoms with Gasteiger partial charge in [-0.2, -0.15) is 11.8 Å². The SMILES string of the molecule is CCSCCOc1cc(C)c(S(=O)(=O)Cl)c(C)c1. The highest BCUT2D eigenvalue weighted by Gasteiger charge is 2.17. The minimum atomic E-state index is -3.70. The number of ether oxygens (including phenoxy) is 1. The molecule has 0 unspecified atom stereocenters.